The molecular weight excluding hydrogens is 524 g/mol. The third-order valence-electron chi connectivity index (χ3n) is 5.85. The summed E-state index contributed by atoms with van der Waals surface area (Å²) in [6, 6.07) is 18.0. The number of aromatic nitrogens is 2. The quantitative estimate of drug-likeness (QED) is 0.231. The van der Waals surface area contributed by atoms with Gasteiger partial charge in [0.2, 0.25) is 0 Å². The van der Waals surface area contributed by atoms with Crippen LogP contribution in [-0.2, 0) is 24.1 Å². The number of alkyl carbamates (subject to hydrolysis) is 1. The number of nitrogens with one attached hydrogen (secondary N) is 1. The number of hydrogen-bond donors (Lipinski definition) is 3. The van der Waals surface area contributed by atoms with Crippen molar-refractivity contribution >= 4 is 34.9 Å². The van der Waals surface area contributed by atoms with E-state index >= 15 is 0 Å². The second-order valence-corrected chi connectivity index (χ2v) is 10.5. The highest BCUT2D eigenvalue weighted by Crippen LogP contribution is 2.26. The molecule has 2 heterocycles. The maximum Gasteiger partial charge on any atom is 0.408 e. The molecule has 0 fully saturated rings. The predicted molar refractivity (Wildman–Crippen MR) is 145 cm³/mol. The van der Waals surface area contributed by atoms with Crippen LogP contribution in [0.1, 0.15) is 27.0 Å². The Morgan fingerprint density at radius 1 is 0.921 bits per heavy atom. The lowest BCUT2D eigenvalue weighted by Gasteiger charge is -2.29. The minimum Gasteiger partial charge on any atom is -0.465 e. The van der Waals surface area contributed by atoms with Crippen molar-refractivity contribution < 1.29 is 24.5 Å². The van der Waals surface area contributed by atoms with E-state index in [9.17, 15) is 19.8 Å². The van der Waals surface area contributed by atoms with Crippen molar-refractivity contribution in [3.8, 4) is 0 Å². The first-order chi connectivity index (χ1) is 18.5. The molecule has 0 bridgehead atoms. The highest BCUT2D eigenvalue weighted by molar-refractivity contribution is 7.09. The van der Waals surface area contributed by atoms with Crippen LogP contribution in [0.2, 0.25) is 0 Å². The van der Waals surface area contributed by atoms with Gasteiger partial charge in [0, 0.05) is 36.7 Å². The normalized spacial score (nSPS) is 13.3. The summed E-state index contributed by atoms with van der Waals surface area (Å²) in [5, 5.41) is 23.6. The van der Waals surface area contributed by atoms with Gasteiger partial charge in [-0.15, -0.1) is 22.7 Å². The van der Waals surface area contributed by atoms with Crippen LogP contribution in [0, 0.1) is 0 Å². The number of carbonyl (C=O) groups is 2. The second kappa shape index (κ2) is 13.7. The average Bonchev–Trinajstić information content (AvgIpc) is 3.64. The fraction of sp³-hybridized carbons (Fsp3) is 0.259. The van der Waals surface area contributed by atoms with Gasteiger partial charge in [0.05, 0.1) is 34.6 Å². The Labute approximate surface area is 228 Å². The number of benzene rings is 2. The summed E-state index contributed by atoms with van der Waals surface area (Å²) in [5.74, 6) is 0. The summed E-state index contributed by atoms with van der Waals surface area (Å²) in [5.41, 5.74) is 5.13. The van der Waals surface area contributed by atoms with Gasteiger partial charge in [-0.25, -0.2) is 9.59 Å². The second-order valence-electron chi connectivity index (χ2n) is 8.63. The summed E-state index contributed by atoms with van der Waals surface area (Å²) < 4.78 is 5.81. The minimum absolute atomic E-state index is 0.107. The monoisotopic (exact) mass is 552 g/mol. The lowest BCUT2D eigenvalue weighted by Crippen LogP contribution is -2.50. The molecule has 3 unspecified atom stereocenters. The van der Waals surface area contributed by atoms with Gasteiger partial charge in [-0.1, -0.05) is 60.7 Å². The zero-order valence-electron chi connectivity index (χ0n) is 20.4. The first kappa shape index (κ1) is 27.2. The molecule has 38 heavy (non-hydrogen) atoms. The van der Waals surface area contributed by atoms with Gasteiger partial charge < -0.3 is 25.2 Å². The molecule has 0 spiro atoms. The van der Waals surface area contributed by atoms with Crippen LogP contribution in [0.15, 0.2) is 84.1 Å². The Bertz CT molecular complexity index is 1260. The number of hydrogen-bond acceptors (Lipinski definition) is 8. The molecule has 2 amide bonds. The molecule has 0 saturated carbocycles. The van der Waals surface area contributed by atoms with Gasteiger partial charge in [0.1, 0.15) is 6.10 Å². The smallest absolute Gasteiger partial charge is 0.408 e. The Hall–Kier alpha value is -3.80. The Balaban J connectivity index is 1.46. The lowest BCUT2D eigenvalue weighted by molar-refractivity contribution is 0.0586. The van der Waals surface area contributed by atoms with E-state index in [1.54, 1.807) is 23.4 Å². The average molecular weight is 553 g/mol. The molecule has 0 aliphatic carbocycles. The largest absolute Gasteiger partial charge is 0.465 e. The number of ether oxygens (including phenoxy) is 1. The lowest BCUT2D eigenvalue weighted by atomic mass is 10.1. The van der Waals surface area contributed by atoms with Crippen LogP contribution in [0.5, 0.6) is 0 Å². The van der Waals surface area contributed by atoms with E-state index in [2.05, 4.69) is 15.3 Å². The van der Waals surface area contributed by atoms with Crippen molar-refractivity contribution in [3.05, 3.63) is 105 Å². The maximum absolute atomic E-state index is 13.1. The summed E-state index contributed by atoms with van der Waals surface area (Å²) in [6.07, 6.45) is 0.416. The van der Waals surface area contributed by atoms with E-state index in [4.69, 9.17) is 4.74 Å². The molecule has 2 aromatic heterocycles. The molecule has 3 N–H and O–H groups in total. The van der Waals surface area contributed by atoms with Crippen molar-refractivity contribution in [3.63, 3.8) is 0 Å². The number of nitrogens with zero attached hydrogens (tertiary/aromatic N) is 3. The van der Waals surface area contributed by atoms with E-state index in [0.29, 0.717) is 6.42 Å². The van der Waals surface area contributed by atoms with Crippen molar-refractivity contribution in [2.24, 2.45) is 0 Å². The number of rotatable bonds is 12. The van der Waals surface area contributed by atoms with Gasteiger partial charge >= 0.3 is 12.2 Å². The van der Waals surface area contributed by atoms with Crippen LogP contribution in [-0.4, -0.2) is 56.0 Å². The highest BCUT2D eigenvalue weighted by Gasteiger charge is 2.28. The molecular formula is C27H28N4O5S2. The molecule has 11 heteroatoms. The number of carbonyl (C=O) groups excluding carboxylic acids is 1. The molecule has 198 valence electrons. The van der Waals surface area contributed by atoms with Crippen LogP contribution >= 0.6 is 22.7 Å². The SMILES string of the molecule is O=C(NC(Cc1cncs1)C(O)CN(Cc1ccccc1)C(=O)O)OC(Cc1ccccc1)c1cncs1. The third kappa shape index (κ3) is 8.10. The maximum atomic E-state index is 13.1. The van der Waals surface area contributed by atoms with Crippen molar-refractivity contribution in [1.82, 2.24) is 20.2 Å². The third-order valence-corrected chi connectivity index (χ3v) is 7.52. The number of thiazole rings is 2. The first-order valence-electron chi connectivity index (χ1n) is 11.9. The number of aliphatic hydroxyl groups is 1. The summed E-state index contributed by atoms with van der Waals surface area (Å²) >= 11 is 2.78. The zero-order valence-corrected chi connectivity index (χ0v) is 22.1. The fourth-order valence-corrected chi connectivity index (χ4v) is 5.24. The van der Waals surface area contributed by atoms with E-state index in [0.717, 1.165) is 25.8 Å². The van der Waals surface area contributed by atoms with Crippen molar-refractivity contribution in [1.29, 1.82) is 0 Å². The number of carboxylic acid groups (broad SMARTS) is 1. The van der Waals surface area contributed by atoms with E-state index < -0.39 is 30.4 Å². The summed E-state index contributed by atoms with van der Waals surface area (Å²) in [7, 11) is 0. The topological polar surface area (TPSA) is 125 Å². The van der Waals surface area contributed by atoms with Crippen molar-refractivity contribution in [2.75, 3.05) is 6.54 Å². The van der Waals surface area contributed by atoms with Gasteiger partial charge in [-0.2, -0.15) is 0 Å². The molecule has 0 aliphatic rings. The van der Waals surface area contributed by atoms with E-state index in [-0.39, 0.29) is 19.5 Å². The van der Waals surface area contributed by atoms with Crippen LogP contribution < -0.4 is 5.32 Å². The highest BCUT2D eigenvalue weighted by atomic mass is 32.1. The number of amides is 2. The Kier molecular flexibility index (Phi) is 9.79. The molecule has 3 atom stereocenters. The van der Waals surface area contributed by atoms with Crippen LogP contribution in [0.25, 0.3) is 0 Å². The van der Waals surface area contributed by atoms with Gasteiger partial charge in [-0.05, 0) is 11.1 Å². The Morgan fingerprint density at radius 3 is 2.18 bits per heavy atom. The molecule has 0 aliphatic heterocycles. The van der Waals surface area contributed by atoms with Gasteiger partial charge in [-0.3, -0.25) is 9.97 Å². The van der Waals surface area contributed by atoms with Crippen molar-refractivity contribution in [2.45, 2.75) is 37.6 Å². The molecule has 9 nitrogen and oxygen atoms in total. The molecule has 4 aromatic rings. The molecule has 2 aromatic carbocycles. The minimum atomic E-state index is -1.19. The predicted octanol–water partition coefficient (Wildman–Crippen LogP) is 4.76. The van der Waals surface area contributed by atoms with E-state index in [1.807, 2.05) is 60.7 Å². The molecule has 0 radical (unpaired) electrons. The van der Waals surface area contributed by atoms with E-state index in [1.165, 1.54) is 22.7 Å². The van der Waals surface area contributed by atoms with Gasteiger partial charge in [0.15, 0.2) is 0 Å². The summed E-state index contributed by atoms with van der Waals surface area (Å²) in [6.45, 7) is -0.0915. The standard InChI is InChI=1S/C27H28N4O5S2/c32-23(16-31(27(34)35)15-20-9-5-2-6-10-20)22(12-21-13-28-17-37-21)30-26(33)36-24(25-14-29-18-38-25)11-19-7-3-1-4-8-19/h1-10,13-14,17-18,22-24,32H,11-12,15-16H2,(H,30,33)(H,34,35). The van der Waals surface area contributed by atoms with Gasteiger partial charge in [0.25, 0.3) is 0 Å². The fourth-order valence-electron chi connectivity index (χ4n) is 3.94. The molecule has 0 saturated heterocycles. The van der Waals surface area contributed by atoms with Crippen LogP contribution in [0.4, 0.5) is 9.59 Å². The van der Waals surface area contributed by atoms with Crippen LogP contribution in [0.3, 0.4) is 0 Å². The Morgan fingerprint density at radius 2 is 1.58 bits per heavy atom. The zero-order chi connectivity index (χ0) is 26.7. The first-order valence-corrected chi connectivity index (χ1v) is 13.7. The summed E-state index contributed by atoms with van der Waals surface area (Å²) in [4.78, 5) is 36.0. The number of aliphatic hydroxyl groups excluding tert-OH is 1. The molecule has 4 rings (SSSR count).